The third kappa shape index (κ3) is 5.58. The van der Waals surface area contributed by atoms with Gasteiger partial charge in [-0.25, -0.2) is 8.42 Å². The van der Waals surface area contributed by atoms with Crippen molar-refractivity contribution in [1.29, 1.82) is 0 Å². The summed E-state index contributed by atoms with van der Waals surface area (Å²) in [6, 6.07) is 0. The topological polar surface area (TPSA) is 74.1 Å². The fourth-order valence-electron chi connectivity index (χ4n) is 1.79. The van der Waals surface area contributed by atoms with Gasteiger partial charge in [-0.2, -0.15) is 0 Å². The van der Waals surface area contributed by atoms with Crippen LogP contribution in [0.3, 0.4) is 0 Å². The highest BCUT2D eigenvalue weighted by molar-refractivity contribution is 7.90. The van der Waals surface area contributed by atoms with E-state index in [4.69, 9.17) is 4.74 Å². The van der Waals surface area contributed by atoms with Crippen molar-refractivity contribution < 1.29 is 13.2 Å². The number of hydrogen-bond acceptors (Lipinski definition) is 5. The molecule has 0 atom stereocenters. The molecular weight excluding hydrogens is 278 g/mol. The van der Waals surface area contributed by atoms with E-state index >= 15 is 0 Å². The minimum atomic E-state index is -3.23. The molecule has 0 bridgehead atoms. The lowest BCUT2D eigenvalue weighted by atomic mass is 10.2. The summed E-state index contributed by atoms with van der Waals surface area (Å²) >= 11 is 0. The average Bonchev–Trinajstić information content (AvgIpc) is 2.59. The third-order valence-corrected chi connectivity index (χ3v) is 4.22. The Labute approximate surface area is 121 Å². The minimum absolute atomic E-state index is 0.00228. The molecule has 0 amide bonds. The van der Waals surface area contributed by atoms with Crippen molar-refractivity contribution in [3.63, 3.8) is 0 Å². The van der Waals surface area contributed by atoms with E-state index in [0.29, 0.717) is 5.82 Å². The van der Waals surface area contributed by atoms with Gasteiger partial charge in [-0.3, -0.25) is 0 Å². The predicted octanol–water partition coefficient (Wildman–Crippen LogP) is 1.73. The molecular formula is C13H25N3O3S. The van der Waals surface area contributed by atoms with E-state index in [1.807, 2.05) is 39.2 Å². The smallest absolute Gasteiger partial charge is 0.159 e. The van der Waals surface area contributed by atoms with Crippen LogP contribution in [-0.4, -0.2) is 41.1 Å². The van der Waals surface area contributed by atoms with E-state index < -0.39 is 9.84 Å². The van der Waals surface area contributed by atoms with Crippen LogP contribution in [0.1, 0.15) is 45.8 Å². The molecule has 0 spiro atoms. The Kier molecular flexibility index (Phi) is 5.70. The molecule has 0 aliphatic carbocycles. The molecule has 1 aromatic rings. The molecule has 0 N–H and O–H groups in total. The number of rotatable bonds is 7. The first-order valence-corrected chi connectivity index (χ1v) is 8.70. The predicted molar refractivity (Wildman–Crippen MR) is 78.2 cm³/mol. The van der Waals surface area contributed by atoms with E-state index in [-0.39, 0.29) is 23.7 Å². The summed E-state index contributed by atoms with van der Waals surface area (Å²) in [6.07, 6.45) is 0.916. The summed E-state index contributed by atoms with van der Waals surface area (Å²) in [4.78, 5) is 0. The fraction of sp³-hybridized carbons (Fsp3) is 0.846. The fourth-order valence-corrected chi connectivity index (χ4v) is 2.88. The molecule has 0 saturated heterocycles. The van der Waals surface area contributed by atoms with E-state index in [0.717, 1.165) is 18.8 Å². The van der Waals surface area contributed by atoms with Gasteiger partial charge in [0.25, 0.3) is 0 Å². The minimum Gasteiger partial charge on any atom is -0.375 e. The van der Waals surface area contributed by atoms with Crippen molar-refractivity contribution in [2.24, 2.45) is 0 Å². The number of nitrogens with zero attached hydrogens (tertiary/aromatic N) is 3. The van der Waals surface area contributed by atoms with E-state index in [1.165, 1.54) is 0 Å². The summed E-state index contributed by atoms with van der Waals surface area (Å²) in [5.41, 5.74) is -0.325. The Morgan fingerprint density at radius 1 is 1.25 bits per heavy atom. The first-order valence-electron chi connectivity index (χ1n) is 6.87. The van der Waals surface area contributed by atoms with E-state index in [2.05, 4.69) is 10.2 Å². The molecule has 0 unspecified atom stereocenters. The van der Waals surface area contributed by atoms with Crippen LogP contribution < -0.4 is 0 Å². The van der Waals surface area contributed by atoms with Gasteiger partial charge < -0.3 is 9.30 Å². The second-order valence-electron chi connectivity index (χ2n) is 5.87. The van der Waals surface area contributed by atoms with Crippen molar-refractivity contribution in [2.75, 3.05) is 12.4 Å². The molecule has 116 valence electrons. The molecule has 6 nitrogen and oxygen atoms in total. The zero-order valence-electron chi connectivity index (χ0n) is 13.0. The molecule has 0 radical (unpaired) electrons. The summed E-state index contributed by atoms with van der Waals surface area (Å²) in [5, 5.41) is 7.93. The maximum absolute atomic E-state index is 12.1. The summed E-state index contributed by atoms with van der Waals surface area (Å²) in [5.74, 6) is 1.19. The first-order chi connectivity index (χ1) is 9.14. The highest BCUT2D eigenvalue weighted by Crippen LogP contribution is 2.10. The normalized spacial score (nSPS) is 12.8. The SMILES string of the molecule is CCCn1c(C)nnc1CS(=O)(=O)CCOC(C)(C)C. The van der Waals surface area contributed by atoms with Crippen LogP contribution in [0, 0.1) is 6.92 Å². The number of aryl methyl sites for hydroxylation is 1. The lowest BCUT2D eigenvalue weighted by Gasteiger charge is -2.19. The van der Waals surface area contributed by atoms with Gasteiger partial charge in [-0.1, -0.05) is 6.92 Å². The highest BCUT2D eigenvalue weighted by Gasteiger charge is 2.19. The van der Waals surface area contributed by atoms with Gasteiger partial charge >= 0.3 is 0 Å². The van der Waals surface area contributed by atoms with Crippen LogP contribution >= 0.6 is 0 Å². The largest absolute Gasteiger partial charge is 0.375 e. The van der Waals surface area contributed by atoms with Crippen molar-refractivity contribution in [3.8, 4) is 0 Å². The molecule has 0 aliphatic rings. The quantitative estimate of drug-likeness (QED) is 0.767. The molecule has 0 fully saturated rings. The number of aromatic nitrogens is 3. The van der Waals surface area contributed by atoms with Crippen LogP contribution in [0.5, 0.6) is 0 Å². The lowest BCUT2D eigenvalue weighted by Crippen LogP contribution is -2.24. The molecule has 1 aromatic heterocycles. The molecule has 0 aliphatic heterocycles. The van der Waals surface area contributed by atoms with Gasteiger partial charge in [-0.15, -0.1) is 10.2 Å². The van der Waals surface area contributed by atoms with Gasteiger partial charge in [0.05, 0.1) is 18.0 Å². The van der Waals surface area contributed by atoms with Crippen LogP contribution in [0.15, 0.2) is 0 Å². The standard InChI is InChI=1S/C13H25N3O3S/c1-6-7-16-11(2)14-15-12(16)10-20(17,18)9-8-19-13(3,4)5/h6-10H2,1-5H3. The maximum Gasteiger partial charge on any atom is 0.159 e. The van der Waals surface area contributed by atoms with Gasteiger partial charge in [0.2, 0.25) is 0 Å². The van der Waals surface area contributed by atoms with Crippen molar-refractivity contribution in [2.45, 2.75) is 58.9 Å². The van der Waals surface area contributed by atoms with Gasteiger partial charge in [0, 0.05) is 6.54 Å². The second kappa shape index (κ2) is 6.67. The third-order valence-electron chi connectivity index (χ3n) is 2.74. The van der Waals surface area contributed by atoms with Crippen molar-refractivity contribution in [3.05, 3.63) is 11.6 Å². The number of sulfone groups is 1. The van der Waals surface area contributed by atoms with E-state index in [9.17, 15) is 8.42 Å². The van der Waals surface area contributed by atoms with Crippen molar-refractivity contribution >= 4 is 9.84 Å². The molecule has 0 aromatic carbocycles. The van der Waals surface area contributed by atoms with Gasteiger partial charge in [0.1, 0.15) is 17.4 Å². The number of ether oxygens (including phenoxy) is 1. The zero-order chi connectivity index (χ0) is 15.4. The molecule has 1 heterocycles. The monoisotopic (exact) mass is 303 g/mol. The summed E-state index contributed by atoms with van der Waals surface area (Å²) in [6.45, 7) is 10.5. The Morgan fingerprint density at radius 2 is 1.90 bits per heavy atom. The highest BCUT2D eigenvalue weighted by atomic mass is 32.2. The molecule has 1 rings (SSSR count). The van der Waals surface area contributed by atoms with Crippen molar-refractivity contribution in [1.82, 2.24) is 14.8 Å². The molecule has 20 heavy (non-hydrogen) atoms. The average molecular weight is 303 g/mol. The first kappa shape index (κ1) is 17.1. The maximum atomic E-state index is 12.1. The van der Waals surface area contributed by atoms with Crippen LogP contribution in [0.4, 0.5) is 0 Å². The second-order valence-corrected chi connectivity index (χ2v) is 8.05. The Hall–Kier alpha value is -0.950. The molecule has 0 saturated carbocycles. The van der Waals surface area contributed by atoms with E-state index in [1.54, 1.807) is 0 Å². The van der Waals surface area contributed by atoms with Gasteiger partial charge in [-0.05, 0) is 34.1 Å². The summed E-state index contributed by atoms with van der Waals surface area (Å²) in [7, 11) is -3.23. The Balaban J connectivity index is 2.67. The lowest BCUT2D eigenvalue weighted by molar-refractivity contribution is 0.00644. The number of hydrogen-bond donors (Lipinski definition) is 0. The van der Waals surface area contributed by atoms with Crippen LogP contribution in [0.2, 0.25) is 0 Å². The Morgan fingerprint density at radius 3 is 2.45 bits per heavy atom. The van der Waals surface area contributed by atoms with Crippen LogP contribution in [-0.2, 0) is 26.9 Å². The zero-order valence-corrected chi connectivity index (χ0v) is 13.8. The Bertz CT molecular complexity index is 530. The van der Waals surface area contributed by atoms with Crippen LogP contribution in [0.25, 0.3) is 0 Å². The molecule has 7 heteroatoms. The van der Waals surface area contributed by atoms with Gasteiger partial charge in [0.15, 0.2) is 9.84 Å². The summed E-state index contributed by atoms with van der Waals surface area (Å²) < 4.78 is 31.5.